The molecule has 1 aromatic heterocycles. The van der Waals surface area contributed by atoms with Crippen molar-refractivity contribution < 1.29 is 9.53 Å². The lowest BCUT2D eigenvalue weighted by Crippen LogP contribution is -2.39. The third kappa shape index (κ3) is 3.44. The maximum atomic E-state index is 12.9. The fourth-order valence-electron chi connectivity index (χ4n) is 2.83. The molecule has 2 aromatic rings. The predicted octanol–water partition coefficient (Wildman–Crippen LogP) is 2.27. The summed E-state index contributed by atoms with van der Waals surface area (Å²) in [6, 6.07) is 5.10. The Morgan fingerprint density at radius 3 is 3.13 bits per heavy atom. The molecule has 0 bridgehead atoms. The summed E-state index contributed by atoms with van der Waals surface area (Å²) in [4.78, 5) is 14.7. The first-order chi connectivity index (χ1) is 11.2. The monoisotopic (exact) mass is 335 g/mol. The fraction of sp³-hybridized carbons (Fsp3) is 0.467. The highest BCUT2D eigenvalue weighted by molar-refractivity contribution is 6.30. The molecule has 8 heteroatoms. The smallest absolute Gasteiger partial charge is 0.257 e. The van der Waals surface area contributed by atoms with Gasteiger partial charge >= 0.3 is 0 Å². The Bertz CT molecular complexity index is 677. The Morgan fingerprint density at radius 2 is 2.39 bits per heavy atom. The lowest BCUT2D eigenvalue weighted by Gasteiger charge is -2.31. The number of hydrogen-bond donors (Lipinski definition) is 1. The van der Waals surface area contributed by atoms with Gasteiger partial charge in [0.2, 0.25) is 0 Å². The molecule has 1 saturated heterocycles. The van der Waals surface area contributed by atoms with Gasteiger partial charge in [0, 0.05) is 24.0 Å². The average Bonchev–Trinajstić information content (AvgIpc) is 3.09. The van der Waals surface area contributed by atoms with Gasteiger partial charge in [-0.15, -0.1) is 10.2 Å². The van der Waals surface area contributed by atoms with E-state index in [1.807, 2.05) is 11.8 Å². The number of amides is 1. The lowest BCUT2D eigenvalue weighted by atomic mass is 9.96. The molecule has 1 atom stereocenters. The molecule has 122 valence electrons. The number of carbonyl (C=O) groups is 1. The summed E-state index contributed by atoms with van der Waals surface area (Å²) < 4.78 is 5.56. The Kier molecular flexibility index (Phi) is 4.76. The van der Waals surface area contributed by atoms with Crippen LogP contribution in [0.4, 0.5) is 0 Å². The minimum absolute atomic E-state index is 0.0571. The van der Waals surface area contributed by atoms with E-state index in [9.17, 15) is 4.79 Å². The van der Waals surface area contributed by atoms with Crippen LogP contribution in [0.3, 0.4) is 0 Å². The second-order valence-electron chi connectivity index (χ2n) is 5.43. The summed E-state index contributed by atoms with van der Waals surface area (Å²) in [6.45, 7) is 3.64. The van der Waals surface area contributed by atoms with E-state index in [1.165, 1.54) is 0 Å². The van der Waals surface area contributed by atoms with E-state index in [0.29, 0.717) is 41.9 Å². The topological polar surface area (TPSA) is 84.0 Å². The molecule has 1 aromatic carbocycles. The van der Waals surface area contributed by atoms with Gasteiger partial charge in [0.25, 0.3) is 5.91 Å². The first-order valence-corrected chi connectivity index (χ1v) is 8.01. The predicted molar refractivity (Wildman–Crippen MR) is 84.7 cm³/mol. The normalized spacial score (nSPS) is 18.0. The van der Waals surface area contributed by atoms with Crippen LogP contribution < -0.4 is 4.74 Å². The van der Waals surface area contributed by atoms with Crippen molar-refractivity contribution in [3.05, 3.63) is 34.6 Å². The third-order valence-electron chi connectivity index (χ3n) is 3.91. The summed E-state index contributed by atoms with van der Waals surface area (Å²) >= 11 is 6.00. The zero-order valence-corrected chi connectivity index (χ0v) is 13.6. The molecular formula is C15H18ClN5O2. The molecule has 0 unspecified atom stereocenters. The number of aromatic amines is 1. The van der Waals surface area contributed by atoms with Crippen LogP contribution in [0.25, 0.3) is 0 Å². The highest BCUT2D eigenvalue weighted by Crippen LogP contribution is 2.29. The molecule has 1 aliphatic heterocycles. The summed E-state index contributed by atoms with van der Waals surface area (Å²) in [7, 11) is 0. The third-order valence-corrected chi connectivity index (χ3v) is 4.14. The van der Waals surface area contributed by atoms with Crippen LogP contribution in [-0.4, -0.2) is 51.1 Å². The van der Waals surface area contributed by atoms with Crippen LogP contribution in [0.5, 0.6) is 5.75 Å². The fourth-order valence-corrected chi connectivity index (χ4v) is 3.00. The number of rotatable bonds is 4. The molecule has 1 amide bonds. The minimum Gasteiger partial charge on any atom is -0.493 e. The van der Waals surface area contributed by atoms with E-state index >= 15 is 0 Å². The largest absolute Gasteiger partial charge is 0.493 e. The number of benzene rings is 1. The van der Waals surface area contributed by atoms with Crippen molar-refractivity contribution in [2.24, 2.45) is 0 Å². The summed E-state index contributed by atoms with van der Waals surface area (Å²) in [5.41, 5.74) is 0.532. The van der Waals surface area contributed by atoms with Gasteiger partial charge in [-0.25, -0.2) is 0 Å². The number of nitrogens with zero attached hydrogens (tertiary/aromatic N) is 4. The van der Waals surface area contributed by atoms with Gasteiger partial charge in [-0.05, 0) is 38.0 Å². The number of ether oxygens (including phenoxy) is 1. The lowest BCUT2D eigenvalue weighted by molar-refractivity contribution is 0.0700. The number of halogens is 1. The molecule has 1 fully saturated rings. The van der Waals surface area contributed by atoms with E-state index < -0.39 is 0 Å². The van der Waals surface area contributed by atoms with Gasteiger partial charge < -0.3 is 9.64 Å². The standard InChI is InChI=1S/C15H18ClN5O2/c1-2-23-13-8-11(16)5-6-12(13)15(22)21-7-3-4-10(9-21)14-17-19-20-18-14/h5-6,8,10H,2-4,7,9H2,1H3,(H,17,18,19,20)/t10-/m0/s1. The van der Waals surface area contributed by atoms with E-state index in [0.717, 1.165) is 12.8 Å². The second-order valence-corrected chi connectivity index (χ2v) is 5.87. The van der Waals surface area contributed by atoms with Gasteiger partial charge in [0.05, 0.1) is 12.2 Å². The Hall–Kier alpha value is -2.15. The SMILES string of the molecule is CCOc1cc(Cl)ccc1C(=O)N1CCC[C@H](c2nn[nH]n2)C1. The summed E-state index contributed by atoms with van der Waals surface area (Å²) in [6.07, 6.45) is 1.85. The van der Waals surface area contributed by atoms with Crippen molar-refractivity contribution in [3.8, 4) is 5.75 Å². The molecule has 0 spiro atoms. The number of H-pyrrole nitrogens is 1. The van der Waals surface area contributed by atoms with Crippen LogP contribution in [0.1, 0.15) is 41.9 Å². The Morgan fingerprint density at radius 1 is 1.52 bits per heavy atom. The molecule has 0 radical (unpaired) electrons. The average molecular weight is 336 g/mol. The molecule has 1 aliphatic rings. The summed E-state index contributed by atoms with van der Waals surface area (Å²) in [5, 5.41) is 14.7. The highest BCUT2D eigenvalue weighted by atomic mass is 35.5. The van der Waals surface area contributed by atoms with Crippen molar-refractivity contribution in [1.29, 1.82) is 0 Å². The van der Waals surface area contributed by atoms with Crippen LogP contribution >= 0.6 is 11.6 Å². The Balaban J connectivity index is 1.80. The number of tetrazole rings is 1. The van der Waals surface area contributed by atoms with Crippen LogP contribution in [0.2, 0.25) is 5.02 Å². The maximum Gasteiger partial charge on any atom is 0.257 e. The molecule has 7 nitrogen and oxygen atoms in total. The van der Waals surface area contributed by atoms with E-state index in [1.54, 1.807) is 18.2 Å². The van der Waals surface area contributed by atoms with Crippen molar-refractivity contribution >= 4 is 17.5 Å². The molecular weight excluding hydrogens is 318 g/mol. The quantitative estimate of drug-likeness (QED) is 0.926. The molecule has 23 heavy (non-hydrogen) atoms. The number of likely N-dealkylation sites (tertiary alicyclic amines) is 1. The minimum atomic E-state index is -0.0571. The van der Waals surface area contributed by atoms with Gasteiger partial charge in [-0.2, -0.15) is 5.21 Å². The first kappa shape index (κ1) is 15.7. The van der Waals surface area contributed by atoms with Crippen molar-refractivity contribution in [2.75, 3.05) is 19.7 Å². The number of nitrogens with one attached hydrogen (secondary N) is 1. The van der Waals surface area contributed by atoms with E-state index in [4.69, 9.17) is 16.3 Å². The van der Waals surface area contributed by atoms with Gasteiger partial charge in [0.1, 0.15) is 5.75 Å². The number of hydrogen-bond acceptors (Lipinski definition) is 5. The molecule has 3 rings (SSSR count). The van der Waals surface area contributed by atoms with Gasteiger partial charge in [-0.3, -0.25) is 4.79 Å². The zero-order chi connectivity index (χ0) is 16.2. The second kappa shape index (κ2) is 6.95. The molecule has 1 N–H and O–H groups in total. The van der Waals surface area contributed by atoms with Crippen LogP contribution in [-0.2, 0) is 0 Å². The number of carbonyl (C=O) groups excluding carboxylic acids is 1. The molecule has 2 heterocycles. The molecule has 0 saturated carbocycles. The van der Waals surface area contributed by atoms with Crippen molar-refractivity contribution in [2.45, 2.75) is 25.7 Å². The van der Waals surface area contributed by atoms with E-state index in [2.05, 4.69) is 20.6 Å². The van der Waals surface area contributed by atoms with Crippen molar-refractivity contribution in [3.63, 3.8) is 0 Å². The van der Waals surface area contributed by atoms with Gasteiger partial charge in [-0.1, -0.05) is 16.8 Å². The zero-order valence-electron chi connectivity index (χ0n) is 12.8. The van der Waals surface area contributed by atoms with Crippen LogP contribution in [0, 0.1) is 0 Å². The Labute approximate surface area is 139 Å². The van der Waals surface area contributed by atoms with E-state index in [-0.39, 0.29) is 11.8 Å². The van der Waals surface area contributed by atoms with Crippen LogP contribution in [0.15, 0.2) is 18.2 Å². The van der Waals surface area contributed by atoms with Gasteiger partial charge in [0.15, 0.2) is 5.82 Å². The highest BCUT2D eigenvalue weighted by Gasteiger charge is 2.29. The maximum absolute atomic E-state index is 12.9. The number of piperidine rings is 1. The molecule has 0 aliphatic carbocycles. The summed E-state index contributed by atoms with van der Waals surface area (Å²) in [5.74, 6) is 1.22. The number of aromatic nitrogens is 4. The van der Waals surface area contributed by atoms with Crippen molar-refractivity contribution in [1.82, 2.24) is 25.5 Å². The first-order valence-electron chi connectivity index (χ1n) is 7.64.